The molecule has 21 heavy (non-hydrogen) atoms. The van der Waals surface area contributed by atoms with E-state index in [1.54, 1.807) is 7.11 Å². The van der Waals surface area contributed by atoms with Crippen molar-refractivity contribution in [3.8, 4) is 5.75 Å². The van der Waals surface area contributed by atoms with Crippen LogP contribution in [-0.2, 0) is 29.0 Å². The van der Waals surface area contributed by atoms with Gasteiger partial charge in [-0.1, -0.05) is 23.5 Å². The Morgan fingerprint density at radius 2 is 2.24 bits per heavy atom. The SMILES string of the molecule is COc1ccc(CC(=O)Nc2nc3c(s2)COCC3)cc1. The van der Waals surface area contributed by atoms with Crippen molar-refractivity contribution in [3.63, 3.8) is 0 Å². The monoisotopic (exact) mass is 304 g/mol. The predicted molar refractivity (Wildman–Crippen MR) is 80.8 cm³/mol. The van der Waals surface area contributed by atoms with Crippen molar-refractivity contribution in [2.24, 2.45) is 0 Å². The van der Waals surface area contributed by atoms with Gasteiger partial charge in [0.1, 0.15) is 5.75 Å². The van der Waals surface area contributed by atoms with Crippen LogP contribution in [0, 0.1) is 0 Å². The molecule has 0 radical (unpaired) electrons. The number of nitrogens with one attached hydrogen (secondary N) is 1. The van der Waals surface area contributed by atoms with Gasteiger partial charge in [-0.25, -0.2) is 4.98 Å². The van der Waals surface area contributed by atoms with E-state index >= 15 is 0 Å². The summed E-state index contributed by atoms with van der Waals surface area (Å²) >= 11 is 1.49. The quantitative estimate of drug-likeness (QED) is 0.942. The van der Waals surface area contributed by atoms with Gasteiger partial charge in [0.2, 0.25) is 5.91 Å². The minimum absolute atomic E-state index is 0.0628. The average molecular weight is 304 g/mol. The molecular formula is C15H16N2O3S. The third-order valence-electron chi connectivity index (χ3n) is 3.26. The molecule has 6 heteroatoms. The van der Waals surface area contributed by atoms with Gasteiger partial charge >= 0.3 is 0 Å². The van der Waals surface area contributed by atoms with E-state index in [0.717, 1.165) is 28.3 Å². The minimum atomic E-state index is -0.0628. The van der Waals surface area contributed by atoms with E-state index < -0.39 is 0 Å². The second-order valence-electron chi connectivity index (χ2n) is 4.76. The normalized spacial score (nSPS) is 13.6. The topological polar surface area (TPSA) is 60.5 Å². The molecule has 0 aliphatic carbocycles. The molecule has 0 unspecified atom stereocenters. The van der Waals surface area contributed by atoms with Crippen LogP contribution < -0.4 is 10.1 Å². The number of methoxy groups -OCH3 is 1. The molecule has 2 aromatic rings. The van der Waals surface area contributed by atoms with Gasteiger partial charge in [0.15, 0.2) is 5.13 Å². The Hall–Kier alpha value is -1.92. The molecule has 1 aromatic carbocycles. The Labute approximate surface area is 126 Å². The average Bonchev–Trinajstić information content (AvgIpc) is 2.90. The van der Waals surface area contributed by atoms with E-state index in [-0.39, 0.29) is 5.91 Å². The summed E-state index contributed by atoms with van der Waals surface area (Å²) in [6, 6.07) is 7.47. The van der Waals surface area contributed by atoms with E-state index in [9.17, 15) is 4.79 Å². The summed E-state index contributed by atoms with van der Waals surface area (Å²) in [5.74, 6) is 0.721. The number of fused-ring (bicyclic) bond motifs is 1. The predicted octanol–water partition coefficient (Wildman–Crippen LogP) is 2.41. The molecule has 3 rings (SSSR count). The van der Waals surface area contributed by atoms with Crippen molar-refractivity contribution >= 4 is 22.4 Å². The molecule has 0 saturated heterocycles. The number of carbonyl (C=O) groups excluding carboxylic acids is 1. The molecule has 110 valence electrons. The number of anilines is 1. The van der Waals surface area contributed by atoms with E-state index in [0.29, 0.717) is 24.8 Å². The summed E-state index contributed by atoms with van der Waals surface area (Å²) in [5.41, 5.74) is 1.99. The highest BCUT2D eigenvalue weighted by Crippen LogP contribution is 2.27. The Morgan fingerprint density at radius 1 is 1.43 bits per heavy atom. The Morgan fingerprint density at radius 3 is 2.95 bits per heavy atom. The molecule has 0 saturated carbocycles. The first kappa shape index (κ1) is 14.0. The van der Waals surface area contributed by atoms with Gasteiger partial charge < -0.3 is 14.8 Å². The lowest BCUT2D eigenvalue weighted by atomic mass is 10.1. The van der Waals surface area contributed by atoms with Gasteiger partial charge in [0.25, 0.3) is 0 Å². The van der Waals surface area contributed by atoms with E-state index in [1.165, 1.54) is 11.3 Å². The molecule has 1 amide bonds. The van der Waals surface area contributed by atoms with Crippen LogP contribution in [0.4, 0.5) is 5.13 Å². The first-order valence-electron chi connectivity index (χ1n) is 6.73. The molecule has 1 N–H and O–H groups in total. The summed E-state index contributed by atoms with van der Waals surface area (Å²) in [4.78, 5) is 17.6. The zero-order valence-corrected chi connectivity index (χ0v) is 12.5. The standard InChI is InChI=1S/C15H16N2O3S/c1-19-11-4-2-10(3-5-11)8-14(18)17-15-16-12-6-7-20-9-13(12)21-15/h2-5H,6-9H2,1H3,(H,16,17,18). The zero-order valence-electron chi connectivity index (χ0n) is 11.7. The second-order valence-corrected chi connectivity index (χ2v) is 5.85. The van der Waals surface area contributed by atoms with Crippen LogP contribution in [0.1, 0.15) is 16.1 Å². The summed E-state index contributed by atoms with van der Waals surface area (Å²) in [7, 11) is 1.62. The van der Waals surface area contributed by atoms with Crippen LogP contribution >= 0.6 is 11.3 Å². The maximum absolute atomic E-state index is 12.0. The Balaban J connectivity index is 1.61. The smallest absolute Gasteiger partial charge is 0.230 e. The van der Waals surface area contributed by atoms with E-state index in [4.69, 9.17) is 9.47 Å². The number of nitrogens with zero attached hydrogens (tertiary/aromatic N) is 1. The first-order valence-corrected chi connectivity index (χ1v) is 7.55. The molecule has 0 spiro atoms. The van der Waals surface area contributed by atoms with Crippen LogP contribution in [-0.4, -0.2) is 24.6 Å². The fourth-order valence-corrected chi connectivity index (χ4v) is 3.13. The number of aromatic nitrogens is 1. The van der Waals surface area contributed by atoms with Crippen LogP contribution in [0.15, 0.2) is 24.3 Å². The van der Waals surface area contributed by atoms with Crippen LogP contribution in [0.3, 0.4) is 0 Å². The van der Waals surface area contributed by atoms with Gasteiger partial charge in [0, 0.05) is 6.42 Å². The Bertz CT molecular complexity index is 613. The van der Waals surface area contributed by atoms with E-state index in [2.05, 4.69) is 10.3 Å². The third kappa shape index (κ3) is 3.40. The van der Waals surface area contributed by atoms with Crippen molar-refractivity contribution in [3.05, 3.63) is 40.4 Å². The van der Waals surface area contributed by atoms with Crippen molar-refractivity contribution in [2.75, 3.05) is 19.0 Å². The van der Waals surface area contributed by atoms with Crippen LogP contribution in [0.25, 0.3) is 0 Å². The highest BCUT2D eigenvalue weighted by atomic mass is 32.1. The van der Waals surface area contributed by atoms with Gasteiger partial charge in [-0.05, 0) is 17.7 Å². The molecule has 5 nitrogen and oxygen atoms in total. The third-order valence-corrected chi connectivity index (χ3v) is 4.25. The van der Waals surface area contributed by atoms with Crippen LogP contribution in [0.5, 0.6) is 5.75 Å². The number of hydrogen-bond acceptors (Lipinski definition) is 5. The summed E-state index contributed by atoms with van der Waals surface area (Å²) in [6.07, 6.45) is 1.14. The lowest BCUT2D eigenvalue weighted by Gasteiger charge is -2.08. The fourth-order valence-electron chi connectivity index (χ4n) is 2.17. The van der Waals surface area contributed by atoms with Crippen LogP contribution in [0.2, 0.25) is 0 Å². The van der Waals surface area contributed by atoms with Crippen molar-refractivity contribution in [1.82, 2.24) is 4.98 Å². The number of rotatable bonds is 4. The molecule has 0 bridgehead atoms. The highest BCUT2D eigenvalue weighted by molar-refractivity contribution is 7.15. The molecule has 0 fully saturated rings. The molecular weight excluding hydrogens is 288 g/mol. The van der Waals surface area contributed by atoms with Crippen molar-refractivity contribution in [2.45, 2.75) is 19.4 Å². The Kier molecular flexibility index (Phi) is 4.17. The molecule has 0 atom stereocenters. The van der Waals surface area contributed by atoms with Gasteiger partial charge in [-0.3, -0.25) is 4.79 Å². The number of amides is 1. The first-order chi connectivity index (χ1) is 10.2. The number of thiazole rings is 1. The maximum Gasteiger partial charge on any atom is 0.230 e. The number of carbonyl (C=O) groups is 1. The maximum atomic E-state index is 12.0. The number of ether oxygens (including phenoxy) is 2. The minimum Gasteiger partial charge on any atom is -0.497 e. The molecule has 1 aliphatic heterocycles. The summed E-state index contributed by atoms with van der Waals surface area (Å²) < 4.78 is 10.5. The van der Waals surface area contributed by atoms with Crippen molar-refractivity contribution < 1.29 is 14.3 Å². The zero-order chi connectivity index (χ0) is 14.7. The molecule has 2 heterocycles. The van der Waals surface area contributed by atoms with Gasteiger partial charge in [0.05, 0.1) is 37.3 Å². The fraction of sp³-hybridized carbons (Fsp3) is 0.333. The highest BCUT2D eigenvalue weighted by Gasteiger charge is 2.16. The number of hydrogen-bond donors (Lipinski definition) is 1. The summed E-state index contributed by atoms with van der Waals surface area (Å²) in [5, 5.41) is 3.51. The van der Waals surface area contributed by atoms with Gasteiger partial charge in [-0.15, -0.1) is 0 Å². The van der Waals surface area contributed by atoms with Gasteiger partial charge in [-0.2, -0.15) is 0 Å². The lowest BCUT2D eigenvalue weighted by Crippen LogP contribution is -2.14. The van der Waals surface area contributed by atoms with Crippen molar-refractivity contribution in [1.29, 1.82) is 0 Å². The molecule has 1 aliphatic rings. The second kappa shape index (κ2) is 6.24. The largest absolute Gasteiger partial charge is 0.497 e. The lowest BCUT2D eigenvalue weighted by molar-refractivity contribution is -0.115. The summed E-state index contributed by atoms with van der Waals surface area (Å²) in [6.45, 7) is 1.30. The number of benzene rings is 1. The van der Waals surface area contributed by atoms with E-state index in [1.807, 2.05) is 24.3 Å². The molecule has 1 aromatic heterocycles.